The van der Waals surface area contributed by atoms with Crippen molar-refractivity contribution >= 4 is 5.69 Å². The molecule has 1 aromatic carbocycles. The SMILES string of the molecule is Cc1ccccc1N1CCC(N2CCC(Cn3ccnc3)CC2)CC1. The third-order valence-electron chi connectivity index (χ3n) is 6.11. The molecule has 0 bridgehead atoms. The van der Waals surface area contributed by atoms with Crippen molar-refractivity contribution in [2.45, 2.75) is 45.2 Å². The first-order valence-corrected chi connectivity index (χ1v) is 9.80. The van der Waals surface area contributed by atoms with Gasteiger partial charge in [0.15, 0.2) is 0 Å². The normalized spacial score (nSPS) is 20.9. The van der Waals surface area contributed by atoms with Gasteiger partial charge in [-0.05, 0) is 63.2 Å². The summed E-state index contributed by atoms with van der Waals surface area (Å²) < 4.78 is 2.24. The highest BCUT2D eigenvalue weighted by Crippen LogP contribution is 2.28. The van der Waals surface area contributed by atoms with Crippen LogP contribution in [0.1, 0.15) is 31.2 Å². The molecular weight excluding hydrogens is 308 g/mol. The summed E-state index contributed by atoms with van der Waals surface area (Å²) in [4.78, 5) is 9.51. The van der Waals surface area contributed by atoms with E-state index >= 15 is 0 Å². The Morgan fingerprint density at radius 3 is 2.44 bits per heavy atom. The van der Waals surface area contributed by atoms with Gasteiger partial charge in [0.05, 0.1) is 6.33 Å². The second kappa shape index (κ2) is 7.61. The molecule has 0 saturated carbocycles. The maximum Gasteiger partial charge on any atom is 0.0945 e. The molecule has 2 saturated heterocycles. The average molecular weight is 338 g/mol. The highest BCUT2D eigenvalue weighted by Gasteiger charge is 2.28. The van der Waals surface area contributed by atoms with E-state index in [0.717, 1.165) is 18.5 Å². The van der Waals surface area contributed by atoms with Gasteiger partial charge in [-0.2, -0.15) is 0 Å². The lowest BCUT2D eigenvalue weighted by Gasteiger charge is -2.42. The van der Waals surface area contributed by atoms with Gasteiger partial charge in [-0.25, -0.2) is 4.98 Å². The molecule has 0 radical (unpaired) electrons. The van der Waals surface area contributed by atoms with Gasteiger partial charge in [-0.15, -0.1) is 0 Å². The minimum absolute atomic E-state index is 0.787. The number of piperidine rings is 2. The second-order valence-electron chi connectivity index (χ2n) is 7.74. The Labute approximate surface area is 151 Å². The molecule has 0 N–H and O–H groups in total. The van der Waals surface area contributed by atoms with Crippen LogP contribution in [0.4, 0.5) is 5.69 Å². The molecule has 4 nitrogen and oxygen atoms in total. The summed E-state index contributed by atoms with van der Waals surface area (Å²) in [5.74, 6) is 0.817. The molecule has 1 aromatic heterocycles. The van der Waals surface area contributed by atoms with Crippen molar-refractivity contribution in [1.82, 2.24) is 14.5 Å². The fraction of sp³-hybridized carbons (Fsp3) is 0.571. The fourth-order valence-corrected chi connectivity index (χ4v) is 4.58. The first-order chi connectivity index (χ1) is 12.3. The van der Waals surface area contributed by atoms with Crippen LogP contribution in [-0.4, -0.2) is 46.7 Å². The van der Waals surface area contributed by atoms with E-state index in [4.69, 9.17) is 0 Å². The maximum atomic E-state index is 4.16. The molecule has 0 aliphatic carbocycles. The van der Waals surface area contributed by atoms with E-state index in [-0.39, 0.29) is 0 Å². The van der Waals surface area contributed by atoms with Crippen molar-refractivity contribution in [3.63, 3.8) is 0 Å². The average Bonchev–Trinajstić information content (AvgIpc) is 3.16. The van der Waals surface area contributed by atoms with Crippen LogP contribution in [0.25, 0.3) is 0 Å². The minimum atomic E-state index is 0.787. The Morgan fingerprint density at radius 1 is 1.00 bits per heavy atom. The number of imidazole rings is 1. The van der Waals surface area contributed by atoms with Gasteiger partial charge in [0.1, 0.15) is 0 Å². The van der Waals surface area contributed by atoms with Crippen LogP contribution in [0.2, 0.25) is 0 Å². The number of anilines is 1. The van der Waals surface area contributed by atoms with Crippen LogP contribution >= 0.6 is 0 Å². The predicted octanol–water partition coefficient (Wildman–Crippen LogP) is 3.57. The molecule has 3 heterocycles. The van der Waals surface area contributed by atoms with Crippen LogP contribution in [0, 0.1) is 12.8 Å². The third kappa shape index (κ3) is 3.90. The van der Waals surface area contributed by atoms with Crippen molar-refractivity contribution in [3.8, 4) is 0 Å². The lowest BCUT2D eigenvalue weighted by Crippen LogP contribution is -2.48. The molecular formula is C21H30N4. The Morgan fingerprint density at radius 2 is 1.76 bits per heavy atom. The van der Waals surface area contributed by atoms with Crippen LogP contribution in [0.3, 0.4) is 0 Å². The van der Waals surface area contributed by atoms with Crippen LogP contribution in [-0.2, 0) is 6.54 Å². The molecule has 0 amide bonds. The van der Waals surface area contributed by atoms with Crippen molar-refractivity contribution < 1.29 is 0 Å². The molecule has 0 atom stereocenters. The molecule has 4 rings (SSSR count). The Kier molecular flexibility index (Phi) is 5.07. The number of rotatable bonds is 4. The zero-order chi connectivity index (χ0) is 17.1. The summed E-state index contributed by atoms with van der Waals surface area (Å²) in [7, 11) is 0. The summed E-state index contributed by atoms with van der Waals surface area (Å²) in [5, 5.41) is 0. The lowest BCUT2D eigenvalue weighted by atomic mass is 9.93. The number of hydrogen-bond donors (Lipinski definition) is 0. The molecule has 4 heteroatoms. The minimum Gasteiger partial charge on any atom is -0.371 e. The molecule has 2 aromatic rings. The molecule has 25 heavy (non-hydrogen) atoms. The van der Waals surface area contributed by atoms with E-state index in [1.54, 1.807) is 0 Å². The Bertz CT molecular complexity index is 650. The fourth-order valence-electron chi connectivity index (χ4n) is 4.58. The molecule has 2 aliphatic rings. The highest BCUT2D eigenvalue weighted by atomic mass is 15.2. The summed E-state index contributed by atoms with van der Waals surface area (Å²) in [6.45, 7) is 8.31. The lowest BCUT2D eigenvalue weighted by molar-refractivity contribution is 0.110. The van der Waals surface area contributed by atoms with E-state index in [0.29, 0.717) is 0 Å². The van der Waals surface area contributed by atoms with Gasteiger partial charge in [0.2, 0.25) is 0 Å². The zero-order valence-electron chi connectivity index (χ0n) is 15.3. The molecule has 2 aliphatic heterocycles. The topological polar surface area (TPSA) is 24.3 Å². The van der Waals surface area contributed by atoms with Gasteiger partial charge in [0.25, 0.3) is 0 Å². The summed E-state index contributed by atoms with van der Waals surface area (Å²) in [6, 6.07) is 9.59. The summed E-state index contributed by atoms with van der Waals surface area (Å²) in [6.07, 6.45) is 11.2. The Balaban J connectivity index is 1.26. The third-order valence-corrected chi connectivity index (χ3v) is 6.11. The molecule has 134 valence electrons. The van der Waals surface area contributed by atoms with Gasteiger partial charge in [-0.1, -0.05) is 18.2 Å². The first-order valence-electron chi connectivity index (χ1n) is 9.80. The number of benzene rings is 1. The Hall–Kier alpha value is -1.81. The van der Waals surface area contributed by atoms with Gasteiger partial charge >= 0.3 is 0 Å². The van der Waals surface area contributed by atoms with Crippen LogP contribution < -0.4 is 4.90 Å². The van der Waals surface area contributed by atoms with Crippen molar-refractivity contribution in [2.24, 2.45) is 5.92 Å². The largest absolute Gasteiger partial charge is 0.371 e. The van der Waals surface area contributed by atoms with E-state index in [1.807, 2.05) is 12.5 Å². The van der Waals surface area contributed by atoms with E-state index in [9.17, 15) is 0 Å². The van der Waals surface area contributed by atoms with Gasteiger partial charge < -0.3 is 14.4 Å². The van der Waals surface area contributed by atoms with Gasteiger partial charge in [0, 0.05) is 43.8 Å². The summed E-state index contributed by atoms with van der Waals surface area (Å²) >= 11 is 0. The molecule has 0 spiro atoms. The number of aromatic nitrogens is 2. The molecule has 0 unspecified atom stereocenters. The maximum absolute atomic E-state index is 4.16. The zero-order valence-corrected chi connectivity index (χ0v) is 15.3. The quantitative estimate of drug-likeness (QED) is 0.852. The summed E-state index contributed by atoms with van der Waals surface area (Å²) in [5.41, 5.74) is 2.83. The van der Waals surface area contributed by atoms with Crippen LogP contribution in [0.15, 0.2) is 43.0 Å². The van der Waals surface area contributed by atoms with E-state index in [1.165, 1.54) is 63.1 Å². The van der Waals surface area contributed by atoms with E-state index in [2.05, 4.69) is 56.7 Å². The highest BCUT2D eigenvalue weighted by molar-refractivity contribution is 5.53. The second-order valence-corrected chi connectivity index (χ2v) is 7.74. The van der Waals surface area contributed by atoms with E-state index < -0.39 is 0 Å². The van der Waals surface area contributed by atoms with Crippen molar-refractivity contribution in [2.75, 3.05) is 31.1 Å². The molecule has 2 fully saturated rings. The number of hydrogen-bond acceptors (Lipinski definition) is 3. The first kappa shape index (κ1) is 16.6. The van der Waals surface area contributed by atoms with Crippen molar-refractivity contribution in [3.05, 3.63) is 48.5 Å². The standard InChI is InChI=1S/C21H30N4/c1-18-4-2-3-5-21(18)25-13-8-20(9-14-25)24-11-6-19(7-12-24)16-23-15-10-22-17-23/h2-5,10,15,17,19-20H,6-9,11-14,16H2,1H3. The van der Waals surface area contributed by atoms with Gasteiger partial charge in [-0.3, -0.25) is 0 Å². The number of likely N-dealkylation sites (tertiary alicyclic amines) is 1. The predicted molar refractivity (Wildman–Crippen MR) is 103 cm³/mol. The van der Waals surface area contributed by atoms with Crippen LogP contribution in [0.5, 0.6) is 0 Å². The van der Waals surface area contributed by atoms with Crippen molar-refractivity contribution in [1.29, 1.82) is 0 Å². The number of para-hydroxylation sites is 1. The number of aryl methyl sites for hydroxylation is 1. The smallest absolute Gasteiger partial charge is 0.0945 e. The number of nitrogens with zero attached hydrogens (tertiary/aromatic N) is 4. The monoisotopic (exact) mass is 338 g/mol.